The smallest absolute Gasteiger partial charge is 0.191 e. The van der Waals surface area contributed by atoms with E-state index in [-0.39, 0.29) is 24.0 Å². The van der Waals surface area contributed by atoms with E-state index in [1.165, 1.54) is 0 Å². The summed E-state index contributed by atoms with van der Waals surface area (Å²) >= 11 is 0. The Bertz CT molecular complexity index is 408. The molecule has 1 aromatic carbocycles. The monoisotopic (exact) mass is 407 g/mol. The van der Waals surface area contributed by atoms with Gasteiger partial charge in [-0.15, -0.1) is 24.0 Å². The Labute approximate surface area is 144 Å². The van der Waals surface area contributed by atoms with Crippen molar-refractivity contribution in [3.8, 4) is 11.5 Å². The van der Waals surface area contributed by atoms with Crippen molar-refractivity contribution >= 4 is 29.9 Å². The predicted molar refractivity (Wildman–Crippen MR) is 98.2 cm³/mol. The summed E-state index contributed by atoms with van der Waals surface area (Å²) in [5.74, 6) is 2.47. The molecule has 0 aliphatic heterocycles. The Hall–Kier alpha value is -1.18. The second kappa shape index (κ2) is 11.5. The molecule has 2 N–H and O–H groups in total. The number of halogens is 1. The van der Waals surface area contributed by atoms with Gasteiger partial charge < -0.3 is 20.1 Å². The summed E-state index contributed by atoms with van der Waals surface area (Å²) < 4.78 is 10.7. The maximum absolute atomic E-state index is 5.62. The van der Waals surface area contributed by atoms with Gasteiger partial charge in [-0.25, -0.2) is 4.99 Å². The number of ether oxygens (including phenoxy) is 2. The predicted octanol–water partition coefficient (Wildman–Crippen LogP) is 2.66. The second-order valence-electron chi connectivity index (χ2n) is 4.58. The fourth-order valence-electron chi connectivity index (χ4n) is 1.59. The first-order valence-electron chi connectivity index (χ1n) is 6.97. The van der Waals surface area contributed by atoms with E-state index in [1.807, 2.05) is 31.2 Å². The molecular weight excluding hydrogens is 381 g/mol. The zero-order valence-corrected chi connectivity index (χ0v) is 15.5. The van der Waals surface area contributed by atoms with Gasteiger partial charge in [0.05, 0.1) is 13.7 Å². The number of methoxy groups -OCH3 is 1. The zero-order chi connectivity index (χ0) is 14.8. The quantitative estimate of drug-likeness (QED) is 0.316. The maximum atomic E-state index is 5.62. The van der Waals surface area contributed by atoms with Gasteiger partial charge in [0.1, 0.15) is 18.1 Å². The van der Waals surface area contributed by atoms with E-state index in [2.05, 4.69) is 29.5 Å². The maximum Gasteiger partial charge on any atom is 0.191 e. The van der Waals surface area contributed by atoms with Crippen molar-refractivity contribution in [2.24, 2.45) is 4.99 Å². The molecular formula is C15H26IN3O2. The molecule has 0 saturated carbocycles. The van der Waals surface area contributed by atoms with E-state index in [4.69, 9.17) is 9.47 Å². The third-order valence-electron chi connectivity index (χ3n) is 2.46. The fourth-order valence-corrected chi connectivity index (χ4v) is 1.59. The van der Waals surface area contributed by atoms with Crippen molar-refractivity contribution in [2.75, 3.05) is 26.8 Å². The van der Waals surface area contributed by atoms with Gasteiger partial charge >= 0.3 is 0 Å². The van der Waals surface area contributed by atoms with E-state index in [9.17, 15) is 0 Å². The SMILES string of the molecule is CCNC(=NCCOc1ccc(OC)cc1)NC(C)C.I. The van der Waals surface area contributed by atoms with Crippen molar-refractivity contribution in [2.45, 2.75) is 26.8 Å². The van der Waals surface area contributed by atoms with E-state index < -0.39 is 0 Å². The van der Waals surface area contributed by atoms with Gasteiger partial charge in [0.15, 0.2) is 5.96 Å². The lowest BCUT2D eigenvalue weighted by Crippen LogP contribution is -2.41. The van der Waals surface area contributed by atoms with Crippen LogP contribution in [0, 0.1) is 0 Å². The van der Waals surface area contributed by atoms with Crippen LogP contribution in [-0.4, -0.2) is 38.8 Å². The van der Waals surface area contributed by atoms with E-state index in [0.29, 0.717) is 19.2 Å². The molecule has 1 rings (SSSR count). The van der Waals surface area contributed by atoms with Gasteiger partial charge in [-0.1, -0.05) is 0 Å². The van der Waals surface area contributed by atoms with Crippen LogP contribution in [0.5, 0.6) is 11.5 Å². The Morgan fingerprint density at radius 3 is 2.33 bits per heavy atom. The second-order valence-corrected chi connectivity index (χ2v) is 4.58. The summed E-state index contributed by atoms with van der Waals surface area (Å²) in [5.41, 5.74) is 0. The van der Waals surface area contributed by atoms with E-state index in [0.717, 1.165) is 24.0 Å². The summed E-state index contributed by atoms with van der Waals surface area (Å²) in [6, 6.07) is 7.89. The molecule has 6 heteroatoms. The van der Waals surface area contributed by atoms with Crippen LogP contribution in [-0.2, 0) is 0 Å². The van der Waals surface area contributed by atoms with Gasteiger partial charge in [-0.05, 0) is 45.0 Å². The fraction of sp³-hybridized carbons (Fsp3) is 0.533. The Morgan fingerprint density at radius 1 is 1.19 bits per heavy atom. The van der Waals surface area contributed by atoms with Gasteiger partial charge in [-0.2, -0.15) is 0 Å². The molecule has 0 spiro atoms. The minimum absolute atomic E-state index is 0. The number of benzene rings is 1. The third kappa shape index (κ3) is 8.64. The number of aliphatic imine (C=N–C) groups is 1. The molecule has 0 unspecified atom stereocenters. The van der Waals surface area contributed by atoms with Crippen LogP contribution in [0.15, 0.2) is 29.3 Å². The van der Waals surface area contributed by atoms with Crippen LogP contribution in [0.1, 0.15) is 20.8 Å². The lowest BCUT2D eigenvalue weighted by Gasteiger charge is -2.14. The molecule has 0 fully saturated rings. The minimum atomic E-state index is 0. The van der Waals surface area contributed by atoms with Crippen molar-refractivity contribution in [3.05, 3.63) is 24.3 Å². The molecule has 5 nitrogen and oxygen atoms in total. The first kappa shape index (κ1) is 19.8. The summed E-state index contributed by atoms with van der Waals surface area (Å²) in [7, 11) is 1.65. The van der Waals surface area contributed by atoms with Crippen LogP contribution >= 0.6 is 24.0 Å². The first-order valence-corrected chi connectivity index (χ1v) is 6.97. The molecule has 0 bridgehead atoms. The number of nitrogens with zero attached hydrogens (tertiary/aromatic N) is 1. The highest BCUT2D eigenvalue weighted by Crippen LogP contribution is 2.16. The Kier molecular flexibility index (Phi) is 10.8. The van der Waals surface area contributed by atoms with E-state index in [1.54, 1.807) is 7.11 Å². The zero-order valence-electron chi connectivity index (χ0n) is 13.2. The van der Waals surface area contributed by atoms with Crippen molar-refractivity contribution in [1.82, 2.24) is 10.6 Å². The molecule has 0 aliphatic carbocycles. The highest BCUT2D eigenvalue weighted by Gasteiger charge is 1.99. The summed E-state index contributed by atoms with van der Waals surface area (Å²) in [4.78, 5) is 4.45. The van der Waals surface area contributed by atoms with Crippen LogP contribution in [0.25, 0.3) is 0 Å². The van der Waals surface area contributed by atoms with Crippen LogP contribution in [0.4, 0.5) is 0 Å². The Balaban J connectivity index is 0.00000400. The van der Waals surface area contributed by atoms with Crippen molar-refractivity contribution in [3.63, 3.8) is 0 Å². The normalized spacial score (nSPS) is 10.8. The summed E-state index contributed by atoms with van der Waals surface area (Å²) in [6.45, 7) is 8.21. The number of hydrogen-bond donors (Lipinski definition) is 2. The van der Waals surface area contributed by atoms with Crippen LogP contribution in [0.2, 0.25) is 0 Å². The van der Waals surface area contributed by atoms with Crippen LogP contribution < -0.4 is 20.1 Å². The van der Waals surface area contributed by atoms with Gasteiger partial charge in [0.2, 0.25) is 0 Å². The molecule has 0 atom stereocenters. The highest BCUT2D eigenvalue weighted by molar-refractivity contribution is 14.0. The molecule has 0 saturated heterocycles. The van der Waals surface area contributed by atoms with Gasteiger partial charge in [0.25, 0.3) is 0 Å². The van der Waals surface area contributed by atoms with E-state index >= 15 is 0 Å². The number of rotatable bonds is 7. The standard InChI is InChI=1S/C15H25N3O2.HI/c1-5-16-15(18-12(2)3)17-10-11-20-14-8-6-13(19-4)7-9-14;/h6-9,12H,5,10-11H2,1-4H3,(H2,16,17,18);1H. The minimum Gasteiger partial charge on any atom is -0.497 e. The number of nitrogens with one attached hydrogen (secondary N) is 2. The lowest BCUT2D eigenvalue weighted by atomic mass is 10.3. The Morgan fingerprint density at radius 2 is 1.81 bits per heavy atom. The molecule has 0 heterocycles. The highest BCUT2D eigenvalue weighted by atomic mass is 127. The number of guanidine groups is 1. The molecule has 21 heavy (non-hydrogen) atoms. The van der Waals surface area contributed by atoms with Crippen LogP contribution in [0.3, 0.4) is 0 Å². The van der Waals surface area contributed by atoms with Gasteiger partial charge in [0, 0.05) is 12.6 Å². The molecule has 0 amide bonds. The molecule has 0 radical (unpaired) electrons. The average Bonchev–Trinajstić information content (AvgIpc) is 2.44. The lowest BCUT2D eigenvalue weighted by molar-refractivity contribution is 0.327. The molecule has 0 aromatic heterocycles. The molecule has 120 valence electrons. The van der Waals surface area contributed by atoms with Crippen molar-refractivity contribution < 1.29 is 9.47 Å². The summed E-state index contributed by atoms with van der Waals surface area (Å²) in [5, 5.41) is 6.46. The largest absolute Gasteiger partial charge is 0.497 e. The average molecular weight is 407 g/mol. The van der Waals surface area contributed by atoms with Crippen molar-refractivity contribution in [1.29, 1.82) is 0 Å². The topological polar surface area (TPSA) is 54.9 Å². The third-order valence-corrected chi connectivity index (χ3v) is 2.46. The number of hydrogen-bond acceptors (Lipinski definition) is 3. The van der Waals surface area contributed by atoms with Gasteiger partial charge in [-0.3, -0.25) is 0 Å². The molecule has 0 aliphatic rings. The first-order chi connectivity index (χ1) is 9.65. The summed E-state index contributed by atoms with van der Waals surface area (Å²) in [6.07, 6.45) is 0. The molecule has 1 aromatic rings.